The summed E-state index contributed by atoms with van der Waals surface area (Å²) in [6, 6.07) is -0.450. The second-order valence-electron chi connectivity index (χ2n) is 4.82. The number of piperazine rings is 1. The molecule has 0 spiro atoms. The first-order valence-electron chi connectivity index (χ1n) is 5.73. The molecule has 1 N–H and O–H groups in total. The SMILES string of the molecule is CC(C)C1NC(=O)CN(CC(C)S(C)=O)C1=O. The summed E-state index contributed by atoms with van der Waals surface area (Å²) in [5, 5.41) is 2.58. The van der Waals surface area contributed by atoms with E-state index in [0.29, 0.717) is 6.54 Å². The van der Waals surface area contributed by atoms with Gasteiger partial charge in [0.05, 0.1) is 6.54 Å². The Hall–Kier alpha value is -0.910. The van der Waals surface area contributed by atoms with Gasteiger partial charge in [-0.2, -0.15) is 0 Å². The van der Waals surface area contributed by atoms with Gasteiger partial charge in [-0.1, -0.05) is 13.8 Å². The second-order valence-corrected chi connectivity index (χ2v) is 6.62. The quantitative estimate of drug-likeness (QED) is 0.757. The lowest BCUT2D eigenvalue weighted by molar-refractivity contribution is -0.145. The van der Waals surface area contributed by atoms with Crippen LogP contribution in [0.3, 0.4) is 0 Å². The molecule has 0 radical (unpaired) electrons. The Morgan fingerprint density at radius 3 is 2.47 bits per heavy atom. The van der Waals surface area contributed by atoms with Gasteiger partial charge in [-0.15, -0.1) is 0 Å². The van der Waals surface area contributed by atoms with Crippen molar-refractivity contribution in [3.63, 3.8) is 0 Å². The smallest absolute Gasteiger partial charge is 0.245 e. The third-order valence-electron chi connectivity index (χ3n) is 2.94. The molecule has 0 aliphatic carbocycles. The number of nitrogens with zero attached hydrogens (tertiary/aromatic N) is 1. The fourth-order valence-corrected chi connectivity index (χ4v) is 2.14. The molecular formula is C11H20N2O3S. The molecule has 17 heavy (non-hydrogen) atoms. The number of carbonyl (C=O) groups is 2. The summed E-state index contributed by atoms with van der Waals surface area (Å²) < 4.78 is 11.3. The van der Waals surface area contributed by atoms with Crippen LogP contribution in [0.5, 0.6) is 0 Å². The molecule has 2 amide bonds. The van der Waals surface area contributed by atoms with E-state index in [2.05, 4.69) is 5.32 Å². The van der Waals surface area contributed by atoms with Gasteiger partial charge in [0.1, 0.15) is 6.04 Å². The number of rotatable bonds is 4. The van der Waals surface area contributed by atoms with Crippen LogP contribution in [-0.4, -0.2) is 51.6 Å². The third kappa shape index (κ3) is 3.52. The zero-order chi connectivity index (χ0) is 13.2. The lowest BCUT2D eigenvalue weighted by Crippen LogP contribution is -2.60. The lowest BCUT2D eigenvalue weighted by Gasteiger charge is -2.35. The number of hydrogen-bond acceptors (Lipinski definition) is 3. The van der Waals surface area contributed by atoms with Crippen LogP contribution >= 0.6 is 0 Å². The minimum Gasteiger partial charge on any atom is -0.343 e. The van der Waals surface area contributed by atoms with E-state index < -0.39 is 16.8 Å². The molecule has 3 atom stereocenters. The Morgan fingerprint density at radius 2 is 2.00 bits per heavy atom. The van der Waals surface area contributed by atoms with Gasteiger partial charge >= 0.3 is 0 Å². The largest absolute Gasteiger partial charge is 0.343 e. The predicted octanol–water partition coefficient (Wildman–Crippen LogP) is -0.264. The normalized spacial score (nSPS) is 24.8. The van der Waals surface area contributed by atoms with E-state index in [4.69, 9.17) is 0 Å². The number of nitrogens with one attached hydrogen (secondary N) is 1. The average molecular weight is 260 g/mol. The van der Waals surface area contributed by atoms with E-state index in [1.165, 1.54) is 4.90 Å². The molecule has 0 bridgehead atoms. The summed E-state index contributed by atoms with van der Waals surface area (Å²) in [5.74, 6) is -0.147. The van der Waals surface area contributed by atoms with Crippen molar-refractivity contribution in [3.8, 4) is 0 Å². The number of amides is 2. The van der Waals surface area contributed by atoms with Crippen molar-refractivity contribution in [1.29, 1.82) is 0 Å². The summed E-state index contributed by atoms with van der Waals surface area (Å²) in [6.45, 7) is 6.06. The van der Waals surface area contributed by atoms with Crippen molar-refractivity contribution in [3.05, 3.63) is 0 Å². The minimum atomic E-state index is -0.986. The van der Waals surface area contributed by atoms with Crippen LogP contribution in [0, 0.1) is 5.92 Å². The number of carbonyl (C=O) groups excluding carboxylic acids is 2. The van der Waals surface area contributed by atoms with E-state index >= 15 is 0 Å². The standard InChI is InChI=1S/C11H20N2O3S/c1-7(2)10-11(15)13(6-9(14)12-10)5-8(3)17(4)16/h7-8,10H,5-6H2,1-4H3,(H,12,14). The van der Waals surface area contributed by atoms with E-state index in [0.717, 1.165) is 0 Å². The molecule has 1 heterocycles. The van der Waals surface area contributed by atoms with Crippen molar-refractivity contribution in [2.45, 2.75) is 32.1 Å². The zero-order valence-corrected chi connectivity index (χ0v) is 11.5. The van der Waals surface area contributed by atoms with Crippen LogP contribution in [0.25, 0.3) is 0 Å². The maximum absolute atomic E-state index is 12.1. The third-order valence-corrected chi connectivity index (χ3v) is 4.22. The molecule has 98 valence electrons. The molecule has 0 aromatic heterocycles. The highest BCUT2D eigenvalue weighted by Crippen LogP contribution is 2.12. The molecule has 3 unspecified atom stereocenters. The topological polar surface area (TPSA) is 66.5 Å². The van der Waals surface area contributed by atoms with Gasteiger partial charge < -0.3 is 10.2 Å². The molecule has 1 saturated heterocycles. The van der Waals surface area contributed by atoms with Gasteiger partial charge in [-0.05, 0) is 12.8 Å². The second kappa shape index (κ2) is 5.62. The molecule has 1 aliphatic rings. The van der Waals surface area contributed by atoms with Crippen LogP contribution in [0.1, 0.15) is 20.8 Å². The zero-order valence-electron chi connectivity index (χ0n) is 10.7. The molecule has 6 heteroatoms. The summed E-state index contributed by atoms with van der Waals surface area (Å²) in [6.07, 6.45) is 1.61. The van der Waals surface area contributed by atoms with Crippen molar-refractivity contribution in [2.24, 2.45) is 5.92 Å². The maximum atomic E-state index is 12.1. The molecule has 0 aromatic rings. The Morgan fingerprint density at radius 1 is 1.41 bits per heavy atom. The van der Waals surface area contributed by atoms with Crippen molar-refractivity contribution < 1.29 is 13.8 Å². The minimum absolute atomic E-state index is 0.0664. The highest BCUT2D eigenvalue weighted by Gasteiger charge is 2.35. The molecule has 0 saturated carbocycles. The fraction of sp³-hybridized carbons (Fsp3) is 0.818. The highest BCUT2D eigenvalue weighted by atomic mass is 32.2. The van der Waals surface area contributed by atoms with E-state index in [-0.39, 0.29) is 29.5 Å². The Kier molecular flexibility index (Phi) is 4.68. The molecular weight excluding hydrogens is 240 g/mol. The molecule has 1 rings (SSSR count). The van der Waals surface area contributed by atoms with Gasteiger partial charge in [0.15, 0.2) is 0 Å². The highest BCUT2D eigenvalue weighted by molar-refractivity contribution is 7.84. The number of hydrogen-bond donors (Lipinski definition) is 1. The predicted molar refractivity (Wildman–Crippen MR) is 66.9 cm³/mol. The van der Waals surface area contributed by atoms with Crippen molar-refractivity contribution in [2.75, 3.05) is 19.3 Å². The van der Waals surface area contributed by atoms with Crippen LogP contribution in [0.15, 0.2) is 0 Å². The molecule has 5 nitrogen and oxygen atoms in total. The first kappa shape index (κ1) is 14.2. The monoisotopic (exact) mass is 260 g/mol. The fourth-order valence-electron chi connectivity index (χ4n) is 1.75. The van der Waals surface area contributed by atoms with Gasteiger partial charge in [0, 0.05) is 28.9 Å². The first-order valence-corrected chi connectivity index (χ1v) is 7.35. The van der Waals surface area contributed by atoms with Crippen LogP contribution in [-0.2, 0) is 20.4 Å². The van der Waals surface area contributed by atoms with Crippen LogP contribution < -0.4 is 5.32 Å². The Bertz CT molecular complexity index is 344. The molecule has 0 aromatic carbocycles. The summed E-state index contributed by atoms with van der Waals surface area (Å²) >= 11 is 0. The first-order chi connectivity index (χ1) is 7.82. The van der Waals surface area contributed by atoms with E-state index in [1.807, 2.05) is 20.8 Å². The summed E-state index contributed by atoms with van der Waals surface area (Å²) in [5.41, 5.74) is 0. The Balaban J connectivity index is 2.74. The lowest BCUT2D eigenvalue weighted by atomic mass is 10.0. The Labute approximate surface area is 104 Å². The van der Waals surface area contributed by atoms with Gasteiger partial charge in [0.2, 0.25) is 11.8 Å². The van der Waals surface area contributed by atoms with Gasteiger partial charge in [0.25, 0.3) is 0 Å². The van der Waals surface area contributed by atoms with Gasteiger partial charge in [-0.3, -0.25) is 13.8 Å². The maximum Gasteiger partial charge on any atom is 0.245 e. The van der Waals surface area contributed by atoms with Crippen molar-refractivity contribution >= 4 is 22.6 Å². The molecule has 1 aliphatic heterocycles. The van der Waals surface area contributed by atoms with E-state index in [1.54, 1.807) is 6.26 Å². The van der Waals surface area contributed by atoms with Crippen molar-refractivity contribution in [1.82, 2.24) is 10.2 Å². The summed E-state index contributed by atoms with van der Waals surface area (Å²) in [4.78, 5) is 25.1. The average Bonchev–Trinajstić information content (AvgIpc) is 2.22. The summed E-state index contributed by atoms with van der Waals surface area (Å²) in [7, 11) is -0.986. The molecule has 1 fully saturated rings. The van der Waals surface area contributed by atoms with E-state index in [9.17, 15) is 13.8 Å². The van der Waals surface area contributed by atoms with Crippen LogP contribution in [0.4, 0.5) is 0 Å². The van der Waals surface area contributed by atoms with Gasteiger partial charge in [-0.25, -0.2) is 0 Å². The van der Waals surface area contributed by atoms with Crippen LogP contribution in [0.2, 0.25) is 0 Å².